The number of hydrogen-bond donors (Lipinski definition) is 2. The first-order valence-corrected chi connectivity index (χ1v) is 10.6. The van der Waals surface area contributed by atoms with Crippen molar-refractivity contribution in [1.29, 1.82) is 0 Å². The fourth-order valence-electron chi connectivity index (χ4n) is 3.33. The molecule has 0 aliphatic carbocycles. The van der Waals surface area contributed by atoms with Crippen molar-refractivity contribution in [3.05, 3.63) is 53.1 Å². The molecule has 1 atom stereocenters. The number of aromatic hydroxyl groups is 1. The van der Waals surface area contributed by atoms with Gasteiger partial charge in [0.1, 0.15) is 9.84 Å². The normalized spacial score (nSPS) is 14.9. The van der Waals surface area contributed by atoms with Gasteiger partial charge in [-0.15, -0.1) is 0 Å². The Morgan fingerprint density at radius 1 is 1.30 bits per heavy atom. The number of rotatable bonds is 6. The van der Waals surface area contributed by atoms with Crippen LogP contribution in [0.25, 0.3) is 0 Å². The van der Waals surface area contributed by atoms with Crippen molar-refractivity contribution in [2.45, 2.75) is 19.5 Å². The van der Waals surface area contributed by atoms with E-state index >= 15 is 0 Å². The van der Waals surface area contributed by atoms with Crippen LogP contribution in [0.3, 0.4) is 0 Å². The summed E-state index contributed by atoms with van der Waals surface area (Å²) in [7, 11) is -3.39. The van der Waals surface area contributed by atoms with Gasteiger partial charge in [-0.3, -0.25) is 4.79 Å². The highest BCUT2D eigenvalue weighted by atomic mass is 32.2. The van der Waals surface area contributed by atoms with E-state index in [1.807, 2.05) is 6.07 Å². The fraction of sp³-hybridized carbons (Fsp3) is 0.316. The summed E-state index contributed by atoms with van der Waals surface area (Å²) in [5, 5.41) is 9.94. The van der Waals surface area contributed by atoms with E-state index < -0.39 is 15.9 Å². The van der Waals surface area contributed by atoms with Crippen LogP contribution in [-0.2, 0) is 16.4 Å². The second-order valence-electron chi connectivity index (χ2n) is 6.58. The van der Waals surface area contributed by atoms with E-state index in [1.165, 1.54) is 11.0 Å². The third-order valence-corrected chi connectivity index (χ3v) is 5.42. The van der Waals surface area contributed by atoms with Gasteiger partial charge in [-0.2, -0.15) is 0 Å². The summed E-state index contributed by atoms with van der Waals surface area (Å²) in [5.41, 5.74) is 8.08. The van der Waals surface area contributed by atoms with Crippen molar-refractivity contribution in [2.75, 3.05) is 24.3 Å². The fourth-order valence-corrected chi connectivity index (χ4v) is 4.27. The number of phenols is 1. The van der Waals surface area contributed by atoms with Gasteiger partial charge in [0.2, 0.25) is 0 Å². The highest BCUT2D eigenvalue weighted by Crippen LogP contribution is 2.37. The molecule has 144 valence electrons. The number of nitrogen functional groups attached to an aromatic ring is 1. The number of sulfone groups is 1. The number of carbonyl (C=O) groups excluding carboxylic acids is 1. The SMILES string of the molecule is CCOc1cc([C@@H](CS(C)(=O)=O)N2Cc3cccc(N)c3C2=O)ccc1O. The topological polar surface area (TPSA) is 110 Å². The number of fused-ring (bicyclic) bond motifs is 1. The third-order valence-electron chi connectivity index (χ3n) is 4.50. The van der Waals surface area contributed by atoms with Crippen molar-refractivity contribution in [2.24, 2.45) is 0 Å². The van der Waals surface area contributed by atoms with Crippen LogP contribution in [0.4, 0.5) is 5.69 Å². The Morgan fingerprint density at radius 3 is 2.67 bits per heavy atom. The lowest BCUT2D eigenvalue weighted by molar-refractivity contribution is 0.0719. The van der Waals surface area contributed by atoms with Crippen molar-refractivity contribution in [3.63, 3.8) is 0 Å². The molecule has 0 bridgehead atoms. The van der Waals surface area contributed by atoms with Gasteiger partial charge < -0.3 is 20.5 Å². The van der Waals surface area contributed by atoms with Crippen LogP contribution in [0.1, 0.15) is 34.5 Å². The number of nitrogens with two attached hydrogens (primary N) is 1. The second-order valence-corrected chi connectivity index (χ2v) is 8.77. The van der Waals surface area contributed by atoms with Gasteiger partial charge in [0.15, 0.2) is 11.5 Å². The standard InChI is InChI=1S/C19H22N2O5S/c1-3-26-17-9-12(7-8-16(17)22)15(11-27(2,24)25)21-10-13-5-4-6-14(20)18(13)19(21)23/h4-9,15,22H,3,10-11,20H2,1-2H3/t15-/m1/s1. The molecule has 0 spiro atoms. The van der Waals surface area contributed by atoms with Gasteiger partial charge >= 0.3 is 0 Å². The van der Waals surface area contributed by atoms with Crippen LogP contribution >= 0.6 is 0 Å². The van der Waals surface area contributed by atoms with E-state index in [0.29, 0.717) is 23.4 Å². The van der Waals surface area contributed by atoms with Crippen LogP contribution in [0, 0.1) is 0 Å². The van der Waals surface area contributed by atoms with Gasteiger partial charge in [-0.25, -0.2) is 8.42 Å². The monoisotopic (exact) mass is 390 g/mol. The summed E-state index contributed by atoms with van der Waals surface area (Å²) in [6.07, 6.45) is 1.13. The van der Waals surface area contributed by atoms with Gasteiger partial charge in [0.25, 0.3) is 5.91 Å². The molecule has 0 unspecified atom stereocenters. The first-order chi connectivity index (χ1) is 12.7. The lowest BCUT2D eigenvalue weighted by Gasteiger charge is -2.28. The summed E-state index contributed by atoms with van der Waals surface area (Å²) in [4.78, 5) is 14.5. The Bertz CT molecular complexity index is 988. The quantitative estimate of drug-likeness (QED) is 0.731. The maximum absolute atomic E-state index is 13.0. The molecule has 1 heterocycles. The lowest BCUT2D eigenvalue weighted by Crippen LogP contribution is -2.33. The van der Waals surface area contributed by atoms with E-state index in [-0.39, 0.29) is 29.7 Å². The molecule has 0 saturated carbocycles. The number of ether oxygens (including phenoxy) is 1. The predicted molar refractivity (Wildman–Crippen MR) is 102 cm³/mol. The second kappa shape index (κ2) is 7.11. The summed E-state index contributed by atoms with van der Waals surface area (Å²) in [6.45, 7) is 2.39. The molecule has 3 rings (SSSR count). The maximum atomic E-state index is 13.0. The lowest BCUT2D eigenvalue weighted by atomic mass is 10.1. The molecule has 27 heavy (non-hydrogen) atoms. The highest BCUT2D eigenvalue weighted by molar-refractivity contribution is 7.90. The predicted octanol–water partition coefficient (Wildman–Crippen LogP) is 2.11. The average molecular weight is 390 g/mol. The molecule has 2 aromatic carbocycles. The van der Waals surface area contributed by atoms with E-state index in [4.69, 9.17) is 10.5 Å². The smallest absolute Gasteiger partial charge is 0.257 e. The molecule has 8 heteroatoms. The molecule has 1 aliphatic rings. The Hall–Kier alpha value is -2.74. The van der Waals surface area contributed by atoms with Crippen LogP contribution in [0.15, 0.2) is 36.4 Å². The zero-order chi connectivity index (χ0) is 19.8. The number of anilines is 1. The van der Waals surface area contributed by atoms with Gasteiger partial charge in [-0.1, -0.05) is 18.2 Å². The van der Waals surface area contributed by atoms with Gasteiger partial charge in [0.05, 0.1) is 24.0 Å². The zero-order valence-corrected chi connectivity index (χ0v) is 16.0. The number of nitrogens with zero attached hydrogens (tertiary/aromatic N) is 1. The first-order valence-electron chi connectivity index (χ1n) is 8.53. The van der Waals surface area contributed by atoms with E-state index in [0.717, 1.165) is 11.8 Å². The Labute approximate surface area is 158 Å². The molecule has 1 aliphatic heterocycles. The van der Waals surface area contributed by atoms with Crippen molar-refractivity contribution >= 4 is 21.4 Å². The van der Waals surface area contributed by atoms with Crippen molar-refractivity contribution in [1.82, 2.24) is 4.90 Å². The molecule has 2 aromatic rings. The Kier molecular flexibility index (Phi) is 5.01. The summed E-state index contributed by atoms with van der Waals surface area (Å²) in [6, 6.07) is 9.13. The minimum Gasteiger partial charge on any atom is -0.504 e. The van der Waals surface area contributed by atoms with Crippen LogP contribution in [0.2, 0.25) is 0 Å². The third kappa shape index (κ3) is 3.85. The summed E-state index contributed by atoms with van der Waals surface area (Å²) < 4.78 is 29.5. The minimum absolute atomic E-state index is 0.0426. The molecule has 0 aromatic heterocycles. The maximum Gasteiger partial charge on any atom is 0.257 e. The summed E-state index contributed by atoms with van der Waals surface area (Å²) >= 11 is 0. The number of amides is 1. The number of benzene rings is 2. The van der Waals surface area contributed by atoms with E-state index in [1.54, 1.807) is 31.2 Å². The molecule has 0 saturated heterocycles. The van der Waals surface area contributed by atoms with Gasteiger partial charge in [-0.05, 0) is 36.2 Å². The summed E-state index contributed by atoms with van der Waals surface area (Å²) in [5.74, 6) is -0.345. The molecule has 1 amide bonds. The van der Waals surface area contributed by atoms with Gasteiger partial charge in [0, 0.05) is 18.5 Å². The minimum atomic E-state index is -3.39. The number of hydrogen-bond acceptors (Lipinski definition) is 6. The molecule has 7 nitrogen and oxygen atoms in total. The van der Waals surface area contributed by atoms with Crippen molar-refractivity contribution < 1.29 is 23.1 Å². The molecule has 0 fully saturated rings. The van der Waals surface area contributed by atoms with Crippen molar-refractivity contribution in [3.8, 4) is 11.5 Å². The van der Waals surface area contributed by atoms with Crippen LogP contribution in [0.5, 0.6) is 11.5 Å². The molecule has 3 N–H and O–H groups in total. The number of phenolic OH excluding ortho intramolecular Hbond substituents is 1. The zero-order valence-electron chi connectivity index (χ0n) is 15.2. The molecular formula is C19H22N2O5S. The Morgan fingerprint density at radius 2 is 2.04 bits per heavy atom. The average Bonchev–Trinajstić information content (AvgIpc) is 2.92. The molecule has 0 radical (unpaired) electrons. The van der Waals surface area contributed by atoms with E-state index in [2.05, 4.69) is 0 Å². The first kappa shape index (κ1) is 19.0. The largest absolute Gasteiger partial charge is 0.504 e. The van der Waals surface area contributed by atoms with E-state index in [9.17, 15) is 18.3 Å². The van der Waals surface area contributed by atoms with Crippen LogP contribution in [-0.4, -0.2) is 42.9 Å². The van der Waals surface area contributed by atoms with Crippen LogP contribution < -0.4 is 10.5 Å². The number of carbonyl (C=O) groups is 1. The molecular weight excluding hydrogens is 368 g/mol. The Balaban J connectivity index is 2.05. The highest BCUT2D eigenvalue weighted by Gasteiger charge is 2.36.